The van der Waals surface area contributed by atoms with Gasteiger partial charge in [-0.15, -0.1) is 0 Å². The first kappa shape index (κ1) is 17.2. The van der Waals surface area contributed by atoms with Crippen LogP contribution in [0, 0.1) is 0 Å². The van der Waals surface area contributed by atoms with E-state index in [2.05, 4.69) is 6.58 Å². The molecule has 0 aromatic heterocycles. The fourth-order valence-electron chi connectivity index (χ4n) is 0.934. The molecule has 0 bridgehead atoms. The van der Waals surface area contributed by atoms with Crippen molar-refractivity contribution >= 4 is 19.4 Å². The van der Waals surface area contributed by atoms with Crippen molar-refractivity contribution in [3.8, 4) is 0 Å². The number of hydrogen-bond acceptors (Lipinski definition) is 4. The first-order valence-corrected chi connectivity index (χ1v) is 6.59. The minimum Gasteiger partial charge on any atom is -0.601 e. The van der Waals surface area contributed by atoms with Gasteiger partial charge in [-0.25, -0.2) is 4.79 Å². The molecule has 104 valence electrons. The smallest absolute Gasteiger partial charge is 0.333 e. The first-order chi connectivity index (χ1) is 8.13. The Morgan fingerprint density at radius 3 is 2.39 bits per heavy atom. The van der Waals surface area contributed by atoms with Crippen LogP contribution in [0.15, 0.2) is 12.2 Å². The van der Waals surface area contributed by atoms with Crippen LogP contribution in [0.5, 0.6) is 0 Å². The SMILES string of the molecule is C=C(C)C(=O)OCCO/[P+]([O-])=C(\O)C[N+](C)(C)C. The summed E-state index contributed by atoms with van der Waals surface area (Å²) in [6.07, 6.45) is 0. The summed E-state index contributed by atoms with van der Waals surface area (Å²) in [7, 11) is 3.31. The summed E-state index contributed by atoms with van der Waals surface area (Å²) in [5.74, 6) is -0.520. The van der Waals surface area contributed by atoms with E-state index < -0.39 is 14.0 Å². The molecule has 0 amide bonds. The maximum absolute atomic E-state index is 11.5. The molecule has 1 N–H and O–H groups in total. The van der Waals surface area contributed by atoms with Gasteiger partial charge in [-0.2, -0.15) is 4.52 Å². The highest BCUT2D eigenvalue weighted by molar-refractivity contribution is 7.46. The van der Waals surface area contributed by atoms with Gasteiger partial charge in [0, 0.05) is 5.57 Å². The van der Waals surface area contributed by atoms with Crippen LogP contribution in [0.1, 0.15) is 6.92 Å². The number of aliphatic hydroxyl groups excluding tert-OH is 1. The van der Waals surface area contributed by atoms with Crippen molar-refractivity contribution in [2.75, 3.05) is 40.9 Å². The van der Waals surface area contributed by atoms with Crippen LogP contribution in [0.4, 0.5) is 0 Å². The van der Waals surface area contributed by atoms with Crippen LogP contribution in [-0.2, 0) is 14.1 Å². The van der Waals surface area contributed by atoms with Gasteiger partial charge < -0.3 is 19.2 Å². The summed E-state index contributed by atoms with van der Waals surface area (Å²) in [6.45, 7) is 5.13. The predicted molar refractivity (Wildman–Crippen MR) is 68.5 cm³/mol. The molecule has 0 heterocycles. The van der Waals surface area contributed by atoms with E-state index in [1.807, 2.05) is 21.1 Å². The van der Waals surface area contributed by atoms with Crippen molar-refractivity contribution in [2.24, 2.45) is 0 Å². The molecular formula is C11H21NO5P+. The fraction of sp³-hybridized carbons (Fsp3) is 0.636. The summed E-state index contributed by atoms with van der Waals surface area (Å²) < 4.78 is 10.1. The van der Waals surface area contributed by atoms with Crippen molar-refractivity contribution in [1.82, 2.24) is 0 Å². The zero-order valence-electron chi connectivity index (χ0n) is 11.3. The van der Waals surface area contributed by atoms with Gasteiger partial charge in [-0.05, 0) is 6.92 Å². The summed E-state index contributed by atoms with van der Waals surface area (Å²) in [5, 5.41) is 9.52. The highest BCUT2D eigenvalue weighted by Crippen LogP contribution is 2.15. The number of likely N-dealkylation sites (N-methyl/N-ethyl adjacent to an activating group) is 1. The monoisotopic (exact) mass is 278 g/mol. The average Bonchev–Trinajstić information content (AvgIpc) is 2.20. The third-order valence-electron chi connectivity index (χ3n) is 1.70. The number of ether oxygens (including phenoxy) is 1. The summed E-state index contributed by atoms with van der Waals surface area (Å²) in [6, 6.07) is 0. The van der Waals surface area contributed by atoms with Gasteiger partial charge in [0.1, 0.15) is 13.2 Å². The summed E-state index contributed by atoms with van der Waals surface area (Å²) >= 11 is 0. The van der Waals surface area contributed by atoms with Crippen molar-refractivity contribution in [3.05, 3.63) is 12.2 Å². The van der Waals surface area contributed by atoms with E-state index in [1.54, 1.807) is 0 Å². The van der Waals surface area contributed by atoms with Gasteiger partial charge in [0.25, 0.3) is 8.00 Å². The Balaban J connectivity index is 4.03. The van der Waals surface area contributed by atoms with E-state index in [1.165, 1.54) is 6.92 Å². The summed E-state index contributed by atoms with van der Waals surface area (Å²) in [4.78, 5) is 22.5. The highest BCUT2D eigenvalue weighted by Gasteiger charge is 2.18. The maximum Gasteiger partial charge on any atom is 0.333 e. The normalized spacial score (nSPS) is 13.0. The van der Waals surface area contributed by atoms with Gasteiger partial charge in [-0.3, -0.25) is 0 Å². The zero-order valence-corrected chi connectivity index (χ0v) is 12.2. The number of nitrogens with zero attached hydrogens (tertiary/aromatic N) is 1. The van der Waals surface area contributed by atoms with Gasteiger partial charge in [0.15, 0.2) is 6.54 Å². The minimum absolute atomic E-state index is 0.0234. The molecule has 0 fully saturated rings. The molecule has 0 aromatic rings. The third kappa shape index (κ3) is 8.33. The van der Waals surface area contributed by atoms with Crippen molar-refractivity contribution in [1.29, 1.82) is 0 Å². The standard InChI is InChI=1S/C11H20NO5P/c1-9(2)11(14)16-6-7-17-18(15)10(13)8-12(3,4)5/h1,6-8H2,2-5H3/p+1. The van der Waals surface area contributed by atoms with E-state index >= 15 is 0 Å². The molecule has 18 heavy (non-hydrogen) atoms. The van der Waals surface area contributed by atoms with Gasteiger partial charge in [0.2, 0.25) is 0 Å². The number of carbonyl (C=O) groups is 1. The average molecular weight is 278 g/mol. The van der Waals surface area contributed by atoms with Crippen LogP contribution in [0.3, 0.4) is 0 Å². The van der Waals surface area contributed by atoms with E-state index in [-0.39, 0.29) is 25.2 Å². The number of hydrogen-bond donors (Lipinski definition) is 1. The number of quaternary nitrogens is 1. The molecule has 0 aliphatic carbocycles. The zero-order chi connectivity index (χ0) is 14.3. The van der Waals surface area contributed by atoms with Crippen molar-refractivity contribution in [2.45, 2.75) is 6.92 Å². The van der Waals surface area contributed by atoms with Crippen LogP contribution in [-0.4, -0.2) is 61.9 Å². The Morgan fingerprint density at radius 2 is 1.94 bits per heavy atom. The Labute approximate surface area is 109 Å². The Bertz CT molecular complexity index is 346. The van der Waals surface area contributed by atoms with Crippen LogP contribution in [0.25, 0.3) is 0 Å². The lowest BCUT2D eigenvalue weighted by Crippen LogP contribution is -2.39. The summed E-state index contributed by atoms with van der Waals surface area (Å²) in [5.41, 5.74) is 0.0857. The number of rotatable bonds is 7. The fourth-order valence-corrected chi connectivity index (χ4v) is 1.86. The molecule has 1 atom stereocenters. The topological polar surface area (TPSA) is 78.8 Å². The lowest BCUT2D eigenvalue weighted by Gasteiger charge is -2.21. The molecule has 1 unspecified atom stereocenters. The molecule has 0 aromatic carbocycles. The molecule has 0 aliphatic rings. The second kappa shape index (κ2) is 7.61. The molecule has 6 nitrogen and oxygen atoms in total. The van der Waals surface area contributed by atoms with E-state index in [9.17, 15) is 14.8 Å². The van der Waals surface area contributed by atoms with Crippen molar-refractivity contribution < 1.29 is 28.5 Å². The second-order valence-electron chi connectivity index (χ2n) is 4.87. The van der Waals surface area contributed by atoms with Crippen LogP contribution in [0.2, 0.25) is 0 Å². The van der Waals surface area contributed by atoms with Gasteiger partial charge in [-0.1, -0.05) is 6.58 Å². The van der Waals surface area contributed by atoms with Crippen LogP contribution < -0.4 is 4.89 Å². The third-order valence-corrected chi connectivity index (χ3v) is 2.68. The molecule has 0 saturated carbocycles. The first-order valence-electron chi connectivity index (χ1n) is 5.41. The predicted octanol–water partition coefficient (Wildman–Crippen LogP) is 0.00310. The molecule has 0 spiro atoms. The molecule has 0 aliphatic heterocycles. The Morgan fingerprint density at radius 1 is 1.39 bits per heavy atom. The Kier molecular flexibility index (Phi) is 7.28. The number of aliphatic hydroxyl groups is 1. The maximum atomic E-state index is 11.5. The second-order valence-corrected chi connectivity index (χ2v) is 6.16. The van der Waals surface area contributed by atoms with E-state index in [4.69, 9.17) is 9.26 Å². The van der Waals surface area contributed by atoms with E-state index in [0.29, 0.717) is 10.1 Å². The minimum atomic E-state index is -2.26. The molecule has 7 heteroatoms. The van der Waals surface area contributed by atoms with Crippen LogP contribution >= 0.6 is 8.00 Å². The molecule has 0 saturated heterocycles. The molecular weight excluding hydrogens is 257 g/mol. The highest BCUT2D eigenvalue weighted by atomic mass is 31.1. The van der Waals surface area contributed by atoms with Gasteiger partial charge >= 0.3 is 11.4 Å². The lowest BCUT2D eigenvalue weighted by molar-refractivity contribution is -0.861. The Hall–Kier alpha value is -0.780. The van der Waals surface area contributed by atoms with E-state index in [0.717, 1.165) is 0 Å². The molecule has 0 radical (unpaired) electrons. The largest absolute Gasteiger partial charge is 0.601 e. The molecule has 0 rings (SSSR count). The van der Waals surface area contributed by atoms with Crippen molar-refractivity contribution in [3.63, 3.8) is 0 Å². The number of esters is 1. The van der Waals surface area contributed by atoms with Gasteiger partial charge in [0.05, 0.1) is 21.1 Å². The quantitative estimate of drug-likeness (QED) is 0.233. The lowest BCUT2D eigenvalue weighted by atomic mass is 10.4. The number of carbonyl (C=O) groups excluding carboxylic acids is 1.